The molecule has 39 heavy (non-hydrogen) atoms. The molecule has 0 bridgehead atoms. The maximum Gasteiger partial charge on any atom is 0.337 e. The van der Waals surface area contributed by atoms with Crippen molar-refractivity contribution in [3.05, 3.63) is 11.8 Å². The van der Waals surface area contributed by atoms with Crippen LogP contribution in [0.15, 0.2) is 11.8 Å². The van der Waals surface area contributed by atoms with Crippen molar-refractivity contribution in [1.82, 2.24) is 0 Å². The fourth-order valence-electron chi connectivity index (χ4n) is 5.03. The monoisotopic (exact) mass is 556 g/mol. The number of esters is 5. The summed E-state index contributed by atoms with van der Waals surface area (Å²) in [5, 5.41) is 0. The zero-order valence-electron chi connectivity index (χ0n) is 22.4. The van der Waals surface area contributed by atoms with Crippen LogP contribution < -0.4 is 0 Å². The number of hydrogen-bond acceptors (Lipinski definition) is 14. The second-order valence-corrected chi connectivity index (χ2v) is 9.42. The standard InChI is InChI=1S/C25H32O14/c1-10-17(30)7-15-16(23(31)32-6)8-34-24(19(10)15)39-25-22(37-14(5)29)21(36-13(4)28)20(35-12(3)27)18(38-25)9-33-11(2)26/h8,10,15,18-22,24-25H,7,9H2,1-6H3/t10-,15-,18-,19-,20-,21+,22-,24?,25+/m1/s1. The molecule has 216 valence electrons. The van der Waals surface area contributed by atoms with Gasteiger partial charge < -0.3 is 37.9 Å². The van der Waals surface area contributed by atoms with Gasteiger partial charge in [0.05, 0.1) is 18.9 Å². The van der Waals surface area contributed by atoms with Gasteiger partial charge in [-0.3, -0.25) is 24.0 Å². The number of methoxy groups -OCH3 is 1. The van der Waals surface area contributed by atoms with Gasteiger partial charge in [0, 0.05) is 51.9 Å². The zero-order chi connectivity index (χ0) is 29.0. The molecule has 1 saturated carbocycles. The highest BCUT2D eigenvalue weighted by atomic mass is 16.8. The van der Waals surface area contributed by atoms with Gasteiger partial charge in [0.1, 0.15) is 18.5 Å². The first kappa shape index (κ1) is 30.0. The van der Waals surface area contributed by atoms with Crippen molar-refractivity contribution in [2.45, 2.75) is 78.0 Å². The van der Waals surface area contributed by atoms with E-state index in [0.717, 1.165) is 34.0 Å². The minimum absolute atomic E-state index is 0.0502. The number of carbonyl (C=O) groups is 6. The van der Waals surface area contributed by atoms with Crippen LogP contribution in [0.5, 0.6) is 0 Å². The molecule has 1 aliphatic carbocycles. The summed E-state index contributed by atoms with van der Waals surface area (Å²) in [6, 6.07) is 0. The number of carbonyl (C=O) groups excluding carboxylic acids is 6. The van der Waals surface area contributed by atoms with E-state index in [1.807, 2.05) is 0 Å². The Kier molecular flexibility index (Phi) is 9.67. The summed E-state index contributed by atoms with van der Waals surface area (Å²) in [6.07, 6.45) is -6.96. The Morgan fingerprint density at radius 3 is 2.03 bits per heavy atom. The Labute approximate surface area is 224 Å². The van der Waals surface area contributed by atoms with E-state index in [1.54, 1.807) is 6.92 Å². The second-order valence-electron chi connectivity index (χ2n) is 9.42. The van der Waals surface area contributed by atoms with E-state index in [-0.39, 0.29) is 17.8 Å². The van der Waals surface area contributed by atoms with E-state index in [4.69, 9.17) is 37.9 Å². The summed E-state index contributed by atoms with van der Waals surface area (Å²) in [6.45, 7) is 5.70. The van der Waals surface area contributed by atoms with Crippen LogP contribution in [0.1, 0.15) is 41.0 Å². The Morgan fingerprint density at radius 2 is 1.46 bits per heavy atom. The van der Waals surface area contributed by atoms with Gasteiger partial charge in [-0.05, 0) is 0 Å². The molecule has 0 aromatic rings. The highest BCUT2D eigenvalue weighted by Crippen LogP contribution is 2.46. The quantitative estimate of drug-likeness (QED) is 0.295. The molecule has 3 aliphatic rings. The molecule has 1 unspecified atom stereocenters. The average molecular weight is 557 g/mol. The molecule has 14 nitrogen and oxygen atoms in total. The number of Topliss-reactive ketones (excluding diaryl/α,β-unsaturated/α-hetero) is 1. The van der Waals surface area contributed by atoms with Crippen LogP contribution in [-0.4, -0.2) is 86.3 Å². The van der Waals surface area contributed by atoms with E-state index in [2.05, 4.69) is 0 Å². The van der Waals surface area contributed by atoms with Crippen molar-refractivity contribution < 1.29 is 66.7 Å². The van der Waals surface area contributed by atoms with Crippen LogP contribution in [0.4, 0.5) is 0 Å². The molecule has 2 heterocycles. The van der Waals surface area contributed by atoms with Crippen molar-refractivity contribution in [2.24, 2.45) is 17.8 Å². The van der Waals surface area contributed by atoms with Crippen molar-refractivity contribution in [1.29, 1.82) is 0 Å². The first-order chi connectivity index (χ1) is 18.3. The summed E-state index contributed by atoms with van der Waals surface area (Å²) in [5.41, 5.74) is 0.168. The molecule has 0 N–H and O–H groups in total. The minimum Gasteiger partial charge on any atom is -0.472 e. The molecular weight excluding hydrogens is 524 g/mol. The molecule has 1 saturated heterocycles. The summed E-state index contributed by atoms with van der Waals surface area (Å²) in [7, 11) is 1.21. The van der Waals surface area contributed by atoms with Crippen molar-refractivity contribution >= 4 is 35.6 Å². The lowest BCUT2D eigenvalue weighted by molar-refractivity contribution is -0.344. The van der Waals surface area contributed by atoms with Crippen LogP contribution in [0, 0.1) is 17.8 Å². The third-order valence-electron chi connectivity index (χ3n) is 6.65. The number of ketones is 1. The van der Waals surface area contributed by atoms with Gasteiger partial charge in [-0.2, -0.15) is 0 Å². The molecule has 0 radical (unpaired) electrons. The van der Waals surface area contributed by atoms with E-state index < -0.39 is 91.2 Å². The number of hydrogen-bond donors (Lipinski definition) is 0. The smallest absolute Gasteiger partial charge is 0.337 e. The molecule has 0 spiro atoms. The Hall–Kier alpha value is -3.52. The lowest BCUT2D eigenvalue weighted by Gasteiger charge is -2.45. The fourth-order valence-corrected chi connectivity index (χ4v) is 5.03. The molecular formula is C25H32O14. The van der Waals surface area contributed by atoms with Gasteiger partial charge >= 0.3 is 29.8 Å². The largest absolute Gasteiger partial charge is 0.472 e. The molecule has 2 fully saturated rings. The Bertz CT molecular complexity index is 1030. The number of rotatable bonds is 8. The first-order valence-electron chi connectivity index (χ1n) is 12.3. The van der Waals surface area contributed by atoms with Crippen LogP contribution in [-0.2, 0) is 66.7 Å². The Balaban J connectivity index is 2.00. The van der Waals surface area contributed by atoms with Crippen LogP contribution in [0.3, 0.4) is 0 Å². The molecule has 0 amide bonds. The minimum atomic E-state index is -1.51. The van der Waals surface area contributed by atoms with Gasteiger partial charge in [-0.1, -0.05) is 6.92 Å². The lowest BCUT2D eigenvalue weighted by atomic mass is 9.83. The predicted octanol–water partition coefficient (Wildman–Crippen LogP) is 0.341. The van der Waals surface area contributed by atoms with Crippen molar-refractivity contribution in [3.8, 4) is 0 Å². The maximum atomic E-state index is 12.6. The third kappa shape index (κ3) is 6.92. The molecule has 9 atom stereocenters. The molecule has 3 rings (SSSR count). The summed E-state index contributed by atoms with van der Waals surface area (Å²) in [4.78, 5) is 72.4. The van der Waals surface area contributed by atoms with E-state index >= 15 is 0 Å². The normalized spacial score (nSPS) is 33.5. The van der Waals surface area contributed by atoms with Crippen molar-refractivity contribution in [2.75, 3.05) is 13.7 Å². The maximum absolute atomic E-state index is 12.6. The van der Waals surface area contributed by atoms with E-state index in [0.29, 0.717) is 0 Å². The van der Waals surface area contributed by atoms with Crippen LogP contribution >= 0.6 is 0 Å². The highest BCUT2D eigenvalue weighted by molar-refractivity contribution is 5.92. The number of ether oxygens (including phenoxy) is 8. The van der Waals surface area contributed by atoms with E-state index in [9.17, 15) is 28.8 Å². The molecule has 0 aromatic carbocycles. The second kappa shape index (κ2) is 12.6. The van der Waals surface area contributed by atoms with Crippen LogP contribution in [0.2, 0.25) is 0 Å². The topological polar surface area (TPSA) is 176 Å². The van der Waals surface area contributed by atoms with Gasteiger partial charge in [0.25, 0.3) is 0 Å². The molecule has 14 heteroatoms. The van der Waals surface area contributed by atoms with Gasteiger partial charge in [-0.15, -0.1) is 0 Å². The lowest BCUT2D eigenvalue weighted by Crippen LogP contribution is -2.63. The summed E-state index contributed by atoms with van der Waals surface area (Å²) in [5.74, 6) is -5.62. The van der Waals surface area contributed by atoms with Gasteiger partial charge in [-0.25, -0.2) is 4.79 Å². The Morgan fingerprint density at radius 1 is 0.872 bits per heavy atom. The average Bonchev–Trinajstić information content (AvgIpc) is 3.14. The zero-order valence-corrected chi connectivity index (χ0v) is 22.4. The first-order valence-corrected chi connectivity index (χ1v) is 12.3. The highest BCUT2D eigenvalue weighted by Gasteiger charge is 2.56. The predicted molar refractivity (Wildman–Crippen MR) is 124 cm³/mol. The number of fused-ring (bicyclic) bond motifs is 1. The SMILES string of the molecule is COC(=O)C1=COC(O[C@@H]2O[C@H](COC(C)=O)[C@@H](OC(C)=O)[C@H](OC(C)=O)[C@H]2OC(C)=O)[C@@H]2[C@H](C)C(=O)C[C@H]12. The van der Waals surface area contributed by atoms with Crippen molar-refractivity contribution in [3.63, 3.8) is 0 Å². The molecule has 2 aliphatic heterocycles. The molecule has 0 aromatic heterocycles. The summed E-state index contributed by atoms with van der Waals surface area (Å²) >= 11 is 0. The van der Waals surface area contributed by atoms with Gasteiger partial charge in [0.2, 0.25) is 12.6 Å². The third-order valence-corrected chi connectivity index (χ3v) is 6.65. The van der Waals surface area contributed by atoms with E-state index in [1.165, 1.54) is 7.11 Å². The van der Waals surface area contributed by atoms with Crippen LogP contribution in [0.25, 0.3) is 0 Å². The summed E-state index contributed by atoms with van der Waals surface area (Å²) < 4.78 is 43.8. The fraction of sp³-hybridized carbons (Fsp3) is 0.680. The van der Waals surface area contributed by atoms with Gasteiger partial charge in [0.15, 0.2) is 18.3 Å².